The van der Waals surface area contributed by atoms with E-state index in [1.807, 2.05) is 6.07 Å². The number of hydrogen-bond acceptors (Lipinski definition) is 6. The maximum atomic E-state index is 13.2. The lowest BCUT2D eigenvalue weighted by Crippen LogP contribution is -2.56. The number of pyridine rings is 1. The summed E-state index contributed by atoms with van der Waals surface area (Å²) in [7, 11) is -3.25. The van der Waals surface area contributed by atoms with Crippen LogP contribution in [0.4, 0.5) is 14.6 Å². The Morgan fingerprint density at radius 3 is 2.81 bits per heavy atom. The number of nitrogens with one attached hydrogen (secondary N) is 1. The average molecular weight is 463 g/mol. The van der Waals surface area contributed by atoms with Gasteiger partial charge in [-0.15, -0.1) is 0 Å². The van der Waals surface area contributed by atoms with Gasteiger partial charge in [0.05, 0.1) is 12.5 Å². The molecule has 0 radical (unpaired) electrons. The minimum Gasteiger partial charge on any atom is -0.353 e. The van der Waals surface area contributed by atoms with Gasteiger partial charge in [0.1, 0.15) is 17.2 Å². The Hall–Kier alpha value is -2.66. The van der Waals surface area contributed by atoms with E-state index in [4.69, 9.17) is 4.98 Å². The fourth-order valence-corrected chi connectivity index (χ4v) is 5.52. The van der Waals surface area contributed by atoms with Crippen molar-refractivity contribution in [1.29, 1.82) is 0 Å². The molecule has 0 amide bonds. The molecule has 3 fully saturated rings. The van der Waals surface area contributed by atoms with Crippen LogP contribution < -0.4 is 9.62 Å². The predicted molar refractivity (Wildman–Crippen MR) is 116 cm³/mol. The van der Waals surface area contributed by atoms with Gasteiger partial charge in [-0.05, 0) is 49.3 Å². The lowest BCUT2D eigenvalue weighted by molar-refractivity contribution is 0.151. The first-order valence-corrected chi connectivity index (χ1v) is 12.5. The lowest BCUT2D eigenvalue weighted by atomic mass is 9.73. The summed E-state index contributed by atoms with van der Waals surface area (Å²) in [6.07, 6.45) is 6.32. The van der Waals surface area contributed by atoms with E-state index in [0.717, 1.165) is 31.6 Å². The van der Waals surface area contributed by atoms with Crippen LogP contribution in [0.15, 0.2) is 36.8 Å². The Labute approximate surface area is 184 Å². The zero-order valence-corrected chi connectivity index (χ0v) is 18.3. The maximum Gasteiger partial charge on any atom is 0.265 e. The predicted octanol–water partition coefficient (Wildman–Crippen LogP) is 2.88. The fourth-order valence-electron chi connectivity index (χ4n) is 5.00. The minimum atomic E-state index is -3.25. The number of nitrogens with zero attached hydrogens (tertiary/aromatic N) is 5. The number of piperidine rings is 2. The second kappa shape index (κ2) is 8.04. The molecule has 3 aromatic heterocycles. The van der Waals surface area contributed by atoms with E-state index >= 15 is 0 Å². The molecule has 5 heterocycles. The van der Waals surface area contributed by atoms with Crippen molar-refractivity contribution in [1.82, 2.24) is 24.1 Å². The topological polar surface area (TPSA) is 92.5 Å². The van der Waals surface area contributed by atoms with Gasteiger partial charge in [0.15, 0.2) is 5.82 Å². The molecule has 11 heteroatoms. The Kier molecular flexibility index (Phi) is 5.32. The quantitative estimate of drug-likeness (QED) is 0.606. The standard InChI is InChI=1S/C21H24F2N6O2S/c1-32(30,31)26-9-15-8-13-2-4-16(15)28(11-13)19-6-7-24-21(27-19)17-10-25-18-5-3-14(20(22)23)12-29(17)18/h3,5-7,10,12-13,15-16,20,26H,2,4,8-9,11H2,1H3/t13?,15?,16-/m1/s1. The third-order valence-electron chi connectivity index (χ3n) is 6.46. The molecule has 2 bridgehead atoms. The highest BCUT2D eigenvalue weighted by molar-refractivity contribution is 7.88. The number of sulfonamides is 1. The molecule has 32 heavy (non-hydrogen) atoms. The van der Waals surface area contributed by atoms with Gasteiger partial charge in [0.2, 0.25) is 10.0 Å². The van der Waals surface area contributed by atoms with E-state index in [9.17, 15) is 17.2 Å². The van der Waals surface area contributed by atoms with Crippen molar-refractivity contribution in [2.75, 3.05) is 24.2 Å². The van der Waals surface area contributed by atoms with Gasteiger partial charge in [-0.3, -0.25) is 4.40 Å². The molecule has 2 saturated heterocycles. The van der Waals surface area contributed by atoms with Gasteiger partial charge in [-0.1, -0.05) is 0 Å². The molecule has 3 aliphatic rings. The van der Waals surface area contributed by atoms with Crippen molar-refractivity contribution in [2.45, 2.75) is 31.7 Å². The minimum absolute atomic E-state index is 0.0949. The monoisotopic (exact) mass is 462 g/mol. The zero-order valence-electron chi connectivity index (χ0n) is 17.5. The first kappa shape index (κ1) is 21.2. The van der Waals surface area contributed by atoms with Crippen molar-refractivity contribution < 1.29 is 17.2 Å². The molecule has 3 atom stereocenters. The van der Waals surface area contributed by atoms with Crippen LogP contribution in [0.5, 0.6) is 0 Å². The smallest absolute Gasteiger partial charge is 0.265 e. The summed E-state index contributed by atoms with van der Waals surface area (Å²) in [5.41, 5.74) is 0.992. The van der Waals surface area contributed by atoms with Gasteiger partial charge >= 0.3 is 0 Å². The Balaban J connectivity index is 1.46. The van der Waals surface area contributed by atoms with Crippen LogP contribution >= 0.6 is 0 Å². The average Bonchev–Trinajstić information content (AvgIpc) is 3.21. The molecule has 1 aliphatic carbocycles. The van der Waals surface area contributed by atoms with Gasteiger partial charge < -0.3 is 4.90 Å². The van der Waals surface area contributed by atoms with Crippen LogP contribution in [0.2, 0.25) is 0 Å². The highest BCUT2D eigenvalue weighted by Crippen LogP contribution is 2.41. The molecular formula is C21H24F2N6O2S. The molecule has 2 unspecified atom stereocenters. The van der Waals surface area contributed by atoms with Crippen molar-refractivity contribution in [2.24, 2.45) is 11.8 Å². The number of imidazole rings is 1. The molecule has 170 valence electrons. The first-order valence-electron chi connectivity index (χ1n) is 10.6. The van der Waals surface area contributed by atoms with Crippen LogP contribution in [-0.2, 0) is 10.0 Å². The van der Waals surface area contributed by atoms with E-state index in [1.165, 1.54) is 18.5 Å². The largest absolute Gasteiger partial charge is 0.353 e. The van der Waals surface area contributed by atoms with Crippen LogP contribution in [-0.4, -0.2) is 53.2 Å². The Bertz CT molecular complexity index is 1250. The summed E-state index contributed by atoms with van der Waals surface area (Å²) in [5, 5.41) is 0. The van der Waals surface area contributed by atoms with Crippen LogP contribution in [0.3, 0.4) is 0 Å². The summed E-state index contributed by atoms with van der Waals surface area (Å²) in [6.45, 7) is 1.28. The van der Waals surface area contributed by atoms with Crippen molar-refractivity contribution in [3.05, 3.63) is 42.4 Å². The van der Waals surface area contributed by atoms with Crippen molar-refractivity contribution in [3.8, 4) is 11.5 Å². The first-order chi connectivity index (χ1) is 15.3. The summed E-state index contributed by atoms with van der Waals surface area (Å²) in [4.78, 5) is 15.7. The number of fused-ring (bicyclic) bond motifs is 4. The second-order valence-corrected chi connectivity index (χ2v) is 10.5. The number of aromatic nitrogens is 4. The molecule has 0 aromatic carbocycles. The summed E-state index contributed by atoms with van der Waals surface area (Å²) in [5.74, 6) is 1.86. The lowest BCUT2D eigenvalue weighted by Gasteiger charge is -2.50. The van der Waals surface area contributed by atoms with E-state index in [1.54, 1.807) is 22.9 Å². The van der Waals surface area contributed by atoms with Gasteiger partial charge in [-0.25, -0.2) is 36.9 Å². The number of rotatable bonds is 6. The molecule has 6 rings (SSSR count). The number of halogens is 2. The molecule has 2 aliphatic heterocycles. The number of alkyl halides is 2. The Morgan fingerprint density at radius 2 is 2.06 bits per heavy atom. The SMILES string of the molecule is CS(=O)(=O)NCC1CC2CC[C@H]1N(c1ccnc(-c3cnc4ccc(C(F)F)cn34)n1)C2. The van der Waals surface area contributed by atoms with Crippen molar-refractivity contribution in [3.63, 3.8) is 0 Å². The third-order valence-corrected chi connectivity index (χ3v) is 7.15. The second-order valence-electron chi connectivity index (χ2n) is 8.65. The molecule has 1 saturated carbocycles. The number of anilines is 1. The third kappa shape index (κ3) is 4.06. The van der Waals surface area contributed by atoms with E-state index in [2.05, 4.69) is 19.6 Å². The summed E-state index contributed by atoms with van der Waals surface area (Å²) < 4.78 is 53.8. The van der Waals surface area contributed by atoms with Crippen molar-refractivity contribution >= 4 is 21.5 Å². The van der Waals surface area contributed by atoms with Gasteiger partial charge in [0.25, 0.3) is 6.43 Å². The molecule has 8 nitrogen and oxygen atoms in total. The Morgan fingerprint density at radius 1 is 1.22 bits per heavy atom. The van der Waals surface area contributed by atoms with E-state index in [-0.39, 0.29) is 17.5 Å². The van der Waals surface area contributed by atoms with Gasteiger partial charge in [0, 0.05) is 37.1 Å². The molecule has 1 N–H and O–H groups in total. The maximum absolute atomic E-state index is 13.2. The summed E-state index contributed by atoms with van der Waals surface area (Å²) in [6, 6.07) is 4.95. The highest BCUT2D eigenvalue weighted by Gasteiger charge is 2.41. The van der Waals surface area contributed by atoms with Crippen LogP contribution in [0, 0.1) is 11.8 Å². The van der Waals surface area contributed by atoms with Gasteiger partial charge in [-0.2, -0.15) is 0 Å². The molecule has 0 spiro atoms. The van der Waals surface area contributed by atoms with E-state index < -0.39 is 16.4 Å². The van der Waals surface area contributed by atoms with Crippen LogP contribution in [0.25, 0.3) is 17.2 Å². The van der Waals surface area contributed by atoms with E-state index in [0.29, 0.717) is 29.6 Å². The van der Waals surface area contributed by atoms with Crippen LogP contribution in [0.1, 0.15) is 31.3 Å². The summed E-state index contributed by atoms with van der Waals surface area (Å²) >= 11 is 0. The molecule has 3 aromatic rings. The highest BCUT2D eigenvalue weighted by atomic mass is 32.2. The number of hydrogen-bond donors (Lipinski definition) is 1. The molecular weight excluding hydrogens is 438 g/mol. The zero-order chi connectivity index (χ0) is 22.5. The normalized spacial score (nSPS) is 23.4. The fraction of sp³-hybridized carbons (Fsp3) is 0.476.